The van der Waals surface area contributed by atoms with E-state index in [9.17, 15) is 4.39 Å². The van der Waals surface area contributed by atoms with Crippen LogP contribution in [0.25, 0.3) is 0 Å². The third kappa shape index (κ3) is 2.80. The van der Waals surface area contributed by atoms with E-state index in [4.69, 9.17) is 5.73 Å². The van der Waals surface area contributed by atoms with Crippen molar-refractivity contribution in [3.05, 3.63) is 35.6 Å². The van der Waals surface area contributed by atoms with Crippen LogP contribution in [0.1, 0.15) is 25.5 Å². The van der Waals surface area contributed by atoms with Gasteiger partial charge in [0.25, 0.3) is 0 Å². The highest BCUT2D eigenvalue weighted by molar-refractivity contribution is 5.22. The van der Waals surface area contributed by atoms with Gasteiger partial charge in [-0.3, -0.25) is 0 Å². The third-order valence-corrected chi connectivity index (χ3v) is 2.95. The molecule has 0 radical (unpaired) electrons. The van der Waals surface area contributed by atoms with E-state index in [0.717, 1.165) is 5.56 Å². The molecule has 0 heterocycles. The zero-order valence-electron chi connectivity index (χ0n) is 10.5. The van der Waals surface area contributed by atoms with Crippen LogP contribution in [0, 0.1) is 11.2 Å². The molecule has 3 heteroatoms. The van der Waals surface area contributed by atoms with Crippen LogP contribution in [0.2, 0.25) is 0 Å². The zero-order valence-corrected chi connectivity index (χ0v) is 10.5. The lowest BCUT2D eigenvalue weighted by Crippen LogP contribution is -2.38. The molecule has 0 spiro atoms. The van der Waals surface area contributed by atoms with Crippen molar-refractivity contribution in [3.63, 3.8) is 0 Å². The number of hydrogen-bond donors (Lipinski definition) is 1. The largest absolute Gasteiger partial charge is 0.330 e. The van der Waals surface area contributed by atoms with E-state index in [1.54, 1.807) is 12.1 Å². The molecule has 16 heavy (non-hydrogen) atoms. The Morgan fingerprint density at radius 3 is 2.44 bits per heavy atom. The summed E-state index contributed by atoms with van der Waals surface area (Å²) < 4.78 is 13.2. The number of nitrogens with two attached hydrogens (primary N) is 1. The highest BCUT2D eigenvalue weighted by atomic mass is 19.1. The minimum absolute atomic E-state index is 0.0860. The second-order valence-corrected chi connectivity index (χ2v) is 5.11. The van der Waals surface area contributed by atoms with Gasteiger partial charge in [-0.1, -0.05) is 26.0 Å². The van der Waals surface area contributed by atoms with Crippen LogP contribution < -0.4 is 5.73 Å². The highest BCUT2D eigenvalue weighted by Crippen LogP contribution is 2.36. The van der Waals surface area contributed by atoms with Gasteiger partial charge in [0.15, 0.2) is 0 Å². The first-order chi connectivity index (χ1) is 7.38. The molecule has 0 aliphatic carbocycles. The van der Waals surface area contributed by atoms with Gasteiger partial charge in [0.1, 0.15) is 5.82 Å². The van der Waals surface area contributed by atoms with Crippen molar-refractivity contribution in [1.82, 2.24) is 4.90 Å². The summed E-state index contributed by atoms with van der Waals surface area (Å²) in [5.74, 6) is -0.197. The maximum absolute atomic E-state index is 13.2. The SMILES string of the molecule is CN(C)C(c1cccc(F)c1)C(C)(C)CN. The Kier molecular flexibility index (Phi) is 4.05. The van der Waals surface area contributed by atoms with Gasteiger partial charge in [0.05, 0.1) is 0 Å². The van der Waals surface area contributed by atoms with E-state index in [1.165, 1.54) is 6.07 Å². The predicted molar refractivity (Wildman–Crippen MR) is 65.7 cm³/mol. The van der Waals surface area contributed by atoms with Gasteiger partial charge in [0.2, 0.25) is 0 Å². The molecular weight excluding hydrogens is 203 g/mol. The Morgan fingerprint density at radius 1 is 1.38 bits per heavy atom. The van der Waals surface area contributed by atoms with Crippen LogP contribution in [0.5, 0.6) is 0 Å². The van der Waals surface area contributed by atoms with Crippen molar-refractivity contribution in [3.8, 4) is 0 Å². The molecule has 0 aromatic heterocycles. The summed E-state index contributed by atoms with van der Waals surface area (Å²) in [6.45, 7) is 4.76. The van der Waals surface area contributed by atoms with E-state index in [2.05, 4.69) is 18.7 Å². The lowest BCUT2D eigenvalue weighted by molar-refractivity contribution is 0.143. The summed E-state index contributed by atoms with van der Waals surface area (Å²) in [7, 11) is 3.99. The van der Waals surface area contributed by atoms with Crippen molar-refractivity contribution < 1.29 is 4.39 Å². The smallest absolute Gasteiger partial charge is 0.123 e. The first-order valence-corrected chi connectivity index (χ1v) is 5.50. The fourth-order valence-corrected chi connectivity index (χ4v) is 2.24. The second kappa shape index (κ2) is 4.93. The molecule has 0 aliphatic heterocycles. The average molecular weight is 224 g/mol. The number of halogens is 1. The average Bonchev–Trinajstić information content (AvgIpc) is 2.17. The van der Waals surface area contributed by atoms with Crippen LogP contribution in [-0.2, 0) is 0 Å². The van der Waals surface area contributed by atoms with Crippen molar-refractivity contribution in [2.45, 2.75) is 19.9 Å². The van der Waals surface area contributed by atoms with E-state index in [0.29, 0.717) is 6.54 Å². The van der Waals surface area contributed by atoms with E-state index >= 15 is 0 Å². The Hall–Kier alpha value is -0.930. The lowest BCUT2D eigenvalue weighted by Gasteiger charge is -2.38. The van der Waals surface area contributed by atoms with Gasteiger partial charge in [-0.25, -0.2) is 4.39 Å². The Morgan fingerprint density at radius 2 is 2.00 bits per heavy atom. The highest BCUT2D eigenvalue weighted by Gasteiger charge is 2.31. The predicted octanol–water partition coefficient (Wildman–Crippen LogP) is 2.41. The normalized spacial score (nSPS) is 14.2. The molecule has 0 saturated heterocycles. The molecule has 1 unspecified atom stereocenters. The van der Waals surface area contributed by atoms with E-state index in [-0.39, 0.29) is 17.3 Å². The molecule has 0 aliphatic rings. The topological polar surface area (TPSA) is 29.3 Å². The number of nitrogens with zero attached hydrogens (tertiary/aromatic N) is 1. The quantitative estimate of drug-likeness (QED) is 0.851. The molecular formula is C13H21FN2. The Bertz CT molecular complexity index is 348. The summed E-state index contributed by atoms with van der Waals surface area (Å²) >= 11 is 0. The molecule has 2 N–H and O–H groups in total. The molecule has 1 rings (SSSR count). The van der Waals surface area contributed by atoms with Gasteiger partial charge in [-0.2, -0.15) is 0 Å². The first kappa shape index (κ1) is 13.1. The summed E-state index contributed by atoms with van der Waals surface area (Å²) in [6.07, 6.45) is 0. The number of hydrogen-bond acceptors (Lipinski definition) is 2. The van der Waals surface area contributed by atoms with Crippen molar-refractivity contribution >= 4 is 0 Å². The van der Waals surface area contributed by atoms with Crippen LogP contribution in [0.15, 0.2) is 24.3 Å². The molecule has 2 nitrogen and oxygen atoms in total. The number of rotatable bonds is 4. The maximum atomic E-state index is 13.2. The van der Waals surface area contributed by atoms with Gasteiger partial charge in [0, 0.05) is 6.04 Å². The molecule has 1 aromatic rings. The fourth-order valence-electron chi connectivity index (χ4n) is 2.24. The molecule has 0 saturated carbocycles. The molecule has 0 bridgehead atoms. The number of benzene rings is 1. The summed E-state index contributed by atoms with van der Waals surface area (Å²) in [5, 5.41) is 0. The standard InChI is InChI=1S/C13H21FN2/c1-13(2,9-15)12(16(3)4)10-6-5-7-11(14)8-10/h5-8,12H,9,15H2,1-4H3. The minimum Gasteiger partial charge on any atom is -0.330 e. The van der Waals surface area contributed by atoms with Gasteiger partial charge in [-0.15, -0.1) is 0 Å². The Balaban J connectivity index is 3.13. The zero-order chi connectivity index (χ0) is 12.3. The van der Waals surface area contributed by atoms with E-state index in [1.807, 2.05) is 20.2 Å². The molecule has 90 valence electrons. The summed E-state index contributed by atoms with van der Waals surface area (Å²) in [5.41, 5.74) is 6.69. The van der Waals surface area contributed by atoms with Crippen molar-refractivity contribution in [2.24, 2.45) is 11.1 Å². The van der Waals surface area contributed by atoms with Crippen LogP contribution in [0.3, 0.4) is 0 Å². The molecule has 1 atom stereocenters. The van der Waals surface area contributed by atoms with Gasteiger partial charge >= 0.3 is 0 Å². The summed E-state index contributed by atoms with van der Waals surface area (Å²) in [4.78, 5) is 2.08. The van der Waals surface area contributed by atoms with Gasteiger partial charge < -0.3 is 10.6 Å². The monoisotopic (exact) mass is 224 g/mol. The second-order valence-electron chi connectivity index (χ2n) is 5.11. The molecule has 1 aromatic carbocycles. The van der Waals surface area contributed by atoms with Crippen LogP contribution >= 0.6 is 0 Å². The molecule has 0 fully saturated rings. The third-order valence-electron chi connectivity index (χ3n) is 2.95. The van der Waals surface area contributed by atoms with Crippen molar-refractivity contribution in [2.75, 3.05) is 20.6 Å². The van der Waals surface area contributed by atoms with Gasteiger partial charge in [-0.05, 0) is 43.8 Å². The fraction of sp³-hybridized carbons (Fsp3) is 0.538. The lowest BCUT2D eigenvalue weighted by atomic mass is 9.80. The molecule has 0 amide bonds. The van der Waals surface area contributed by atoms with Crippen LogP contribution in [-0.4, -0.2) is 25.5 Å². The van der Waals surface area contributed by atoms with Crippen LogP contribution in [0.4, 0.5) is 4.39 Å². The van der Waals surface area contributed by atoms with E-state index < -0.39 is 0 Å². The summed E-state index contributed by atoms with van der Waals surface area (Å²) in [6, 6.07) is 6.86. The minimum atomic E-state index is -0.197. The van der Waals surface area contributed by atoms with Crippen molar-refractivity contribution in [1.29, 1.82) is 0 Å². The Labute approximate surface area is 97.3 Å². The first-order valence-electron chi connectivity index (χ1n) is 5.50. The maximum Gasteiger partial charge on any atom is 0.123 e.